The number of nitrogens with zero attached hydrogens (tertiary/aromatic N) is 1. The maximum Gasteiger partial charge on any atom is 0.133 e. The van der Waals surface area contributed by atoms with E-state index < -0.39 is 0 Å². The van der Waals surface area contributed by atoms with E-state index in [0.717, 1.165) is 16.8 Å². The highest BCUT2D eigenvalue weighted by molar-refractivity contribution is 6.11. The highest BCUT2D eigenvalue weighted by atomic mass is 15.3. The van der Waals surface area contributed by atoms with Crippen LogP contribution >= 0.6 is 0 Å². The number of benzene rings is 3. The Morgan fingerprint density at radius 2 is 1.36 bits per heavy atom. The number of para-hydroxylation sites is 1. The van der Waals surface area contributed by atoms with E-state index in [4.69, 9.17) is 0 Å². The van der Waals surface area contributed by atoms with Crippen LogP contribution in [0.2, 0.25) is 0 Å². The smallest absolute Gasteiger partial charge is 0.133 e. The van der Waals surface area contributed by atoms with Crippen molar-refractivity contribution >= 4 is 17.5 Å². The molecule has 0 spiro atoms. The predicted molar refractivity (Wildman–Crippen MR) is 106 cm³/mol. The number of rotatable bonds is 4. The molecule has 25 heavy (non-hydrogen) atoms. The van der Waals surface area contributed by atoms with Gasteiger partial charge in [-0.15, -0.1) is 0 Å². The van der Waals surface area contributed by atoms with Crippen LogP contribution in [0.25, 0.3) is 6.08 Å². The molecule has 2 heteroatoms. The normalized spacial score (nSPS) is 11.0. The molecule has 3 rings (SSSR count). The average Bonchev–Trinajstić information content (AvgIpc) is 2.70. The summed E-state index contributed by atoms with van der Waals surface area (Å²) >= 11 is 0. The van der Waals surface area contributed by atoms with Crippen LogP contribution < -0.4 is 5.43 Å². The molecule has 120 valence electrons. The van der Waals surface area contributed by atoms with Crippen LogP contribution in [0, 0.1) is 11.8 Å². The lowest BCUT2D eigenvalue weighted by atomic mass is 10.2. The van der Waals surface area contributed by atoms with E-state index in [1.54, 1.807) is 0 Å². The Hall–Kier alpha value is -3.57. The summed E-state index contributed by atoms with van der Waals surface area (Å²) in [5.41, 5.74) is 6.71. The molecule has 1 N–H and O–H groups in total. The zero-order chi connectivity index (χ0) is 17.2. The van der Waals surface area contributed by atoms with Gasteiger partial charge in [0.15, 0.2) is 0 Å². The SMILES string of the molecule is C(#Cc1ccccc1)C(/C=C/c1ccccc1)=N\Nc1ccccc1. The minimum absolute atomic E-state index is 0.663. The molecular weight excluding hydrogens is 304 g/mol. The van der Waals surface area contributed by atoms with Gasteiger partial charge in [0, 0.05) is 5.56 Å². The molecular formula is C23H18N2. The van der Waals surface area contributed by atoms with E-state index in [0.29, 0.717) is 5.71 Å². The van der Waals surface area contributed by atoms with E-state index >= 15 is 0 Å². The first-order valence-electron chi connectivity index (χ1n) is 8.09. The van der Waals surface area contributed by atoms with Gasteiger partial charge in [0.1, 0.15) is 5.71 Å². The van der Waals surface area contributed by atoms with Gasteiger partial charge in [-0.2, -0.15) is 5.10 Å². The summed E-state index contributed by atoms with van der Waals surface area (Å²) in [7, 11) is 0. The van der Waals surface area contributed by atoms with Crippen molar-refractivity contribution in [2.75, 3.05) is 5.43 Å². The van der Waals surface area contributed by atoms with Crippen LogP contribution in [0.4, 0.5) is 5.69 Å². The van der Waals surface area contributed by atoms with Gasteiger partial charge in [-0.25, -0.2) is 0 Å². The highest BCUT2D eigenvalue weighted by Gasteiger charge is 1.92. The van der Waals surface area contributed by atoms with Gasteiger partial charge in [0.05, 0.1) is 5.69 Å². The Balaban J connectivity index is 1.83. The van der Waals surface area contributed by atoms with Gasteiger partial charge >= 0.3 is 0 Å². The lowest BCUT2D eigenvalue weighted by Gasteiger charge is -1.99. The first kappa shape index (κ1) is 16.3. The molecule has 3 aromatic carbocycles. The maximum absolute atomic E-state index is 4.43. The number of anilines is 1. The van der Waals surface area contributed by atoms with E-state index in [9.17, 15) is 0 Å². The first-order chi connectivity index (χ1) is 12.4. The van der Waals surface area contributed by atoms with Crippen molar-refractivity contribution in [2.45, 2.75) is 0 Å². The van der Waals surface area contributed by atoms with Crippen molar-refractivity contribution in [1.29, 1.82) is 0 Å². The molecule has 0 amide bonds. The van der Waals surface area contributed by atoms with Gasteiger partial charge in [-0.3, -0.25) is 5.43 Å². The molecule has 0 saturated heterocycles. The van der Waals surface area contributed by atoms with Gasteiger partial charge in [-0.05, 0) is 41.8 Å². The molecule has 0 radical (unpaired) electrons. The Morgan fingerprint density at radius 3 is 2.04 bits per heavy atom. The van der Waals surface area contributed by atoms with E-state index in [2.05, 4.69) is 22.4 Å². The predicted octanol–water partition coefficient (Wildman–Crippen LogP) is 5.22. The number of hydrogen-bond acceptors (Lipinski definition) is 2. The Labute approximate surface area is 148 Å². The molecule has 0 heterocycles. The third kappa shape index (κ3) is 5.53. The fraction of sp³-hybridized carbons (Fsp3) is 0. The molecule has 0 aromatic heterocycles. The third-order valence-corrected chi connectivity index (χ3v) is 3.42. The topological polar surface area (TPSA) is 24.4 Å². The molecule has 0 fully saturated rings. The number of hydrazone groups is 1. The van der Waals surface area contributed by atoms with Gasteiger partial charge < -0.3 is 0 Å². The minimum Gasteiger partial charge on any atom is -0.277 e. The second kappa shape index (κ2) is 8.90. The molecule has 0 atom stereocenters. The largest absolute Gasteiger partial charge is 0.277 e. The number of allylic oxidation sites excluding steroid dienone is 1. The van der Waals surface area contributed by atoms with Gasteiger partial charge in [-0.1, -0.05) is 78.7 Å². The Morgan fingerprint density at radius 1 is 0.760 bits per heavy atom. The summed E-state index contributed by atoms with van der Waals surface area (Å²) in [6.07, 6.45) is 3.92. The second-order valence-corrected chi connectivity index (χ2v) is 5.33. The molecule has 0 saturated carbocycles. The molecule has 3 aromatic rings. The third-order valence-electron chi connectivity index (χ3n) is 3.42. The van der Waals surface area contributed by atoms with Crippen LogP contribution in [0.3, 0.4) is 0 Å². The first-order valence-corrected chi connectivity index (χ1v) is 8.09. The lowest BCUT2D eigenvalue weighted by Crippen LogP contribution is -1.96. The second-order valence-electron chi connectivity index (χ2n) is 5.33. The molecule has 0 aliphatic heterocycles. The Kier molecular flexibility index (Phi) is 5.80. The zero-order valence-electron chi connectivity index (χ0n) is 13.8. The van der Waals surface area contributed by atoms with Crippen LogP contribution in [0.1, 0.15) is 11.1 Å². The van der Waals surface area contributed by atoms with Crippen molar-refractivity contribution in [1.82, 2.24) is 0 Å². The summed E-state index contributed by atoms with van der Waals surface area (Å²) in [6, 6.07) is 29.8. The highest BCUT2D eigenvalue weighted by Crippen LogP contribution is 2.06. The quantitative estimate of drug-likeness (QED) is 0.397. The van der Waals surface area contributed by atoms with Crippen molar-refractivity contribution in [3.8, 4) is 11.8 Å². The van der Waals surface area contributed by atoms with E-state index in [1.807, 2.05) is 103 Å². The summed E-state index contributed by atoms with van der Waals surface area (Å²) in [6.45, 7) is 0. The van der Waals surface area contributed by atoms with E-state index in [-0.39, 0.29) is 0 Å². The standard InChI is InChI=1S/C23H18N2/c1-4-10-20(11-5-1)16-18-23(19-17-21-12-6-2-7-13-21)25-24-22-14-8-3-9-15-22/h1-16,18,24H/b18-16+,25-23-. The minimum atomic E-state index is 0.663. The monoisotopic (exact) mass is 322 g/mol. The van der Waals surface area contributed by atoms with Gasteiger partial charge in [0.25, 0.3) is 0 Å². The zero-order valence-corrected chi connectivity index (χ0v) is 13.8. The summed E-state index contributed by atoms with van der Waals surface area (Å²) in [4.78, 5) is 0. The maximum atomic E-state index is 4.43. The Bertz CT molecular complexity index is 900. The number of hydrogen-bond donors (Lipinski definition) is 1. The van der Waals surface area contributed by atoms with Crippen molar-refractivity contribution in [2.24, 2.45) is 5.10 Å². The van der Waals surface area contributed by atoms with Crippen molar-refractivity contribution in [3.05, 3.63) is 108 Å². The van der Waals surface area contributed by atoms with Crippen LogP contribution in [0.15, 0.2) is 102 Å². The van der Waals surface area contributed by atoms with Crippen LogP contribution in [-0.4, -0.2) is 5.71 Å². The van der Waals surface area contributed by atoms with Crippen LogP contribution in [0.5, 0.6) is 0 Å². The lowest BCUT2D eigenvalue weighted by molar-refractivity contribution is 1.35. The molecule has 0 bridgehead atoms. The number of nitrogens with one attached hydrogen (secondary N) is 1. The summed E-state index contributed by atoms with van der Waals surface area (Å²) in [5, 5.41) is 4.43. The summed E-state index contributed by atoms with van der Waals surface area (Å²) in [5.74, 6) is 6.27. The molecule has 2 nitrogen and oxygen atoms in total. The fourth-order valence-electron chi connectivity index (χ4n) is 2.14. The van der Waals surface area contributed by atoms with Crippen molar-refractivity contribution < 1.29 is 0 Å². The van der Waals surface area contributed by atoms with Gasteiger partial charge in [0.2, 0.25) is 0 Å². The van der Waals surface area contributed by atoms with E-state index in [1.165, 1.54) is 0 Å². The average molecular weight is 322 g/mol. The molecule has 0 unspecified atom stereocenters. The van der Waals surface area contributed by atoms with Crippen LogP contribution in [-0.2, 0) is 0 Å². The molecule has 0 aliphatic rings. The van der Waals surface area contributed by atoms with Crippen molar-refractivity contribution in [3.63, 3.8) is 0 Å². The fourth-order valence-corrected chi connectivity index (χ4v) is 2.14. The molecule has 0 aliphatic carbocycles. The summed E-state index contributed by atoms with van der Waals surface area (Å²) < 4.78 is 0.